The molecule has 4 amide bonds. The van der Waals surface area contributed by atoms with Gasteiger partial charge in [-0.1, -0.05) is 67.6 Å². The molecule has 1 aliphatic carbocycles. The average molecular weight is 640 g/mol. The summed E-state index contributed by atoms with van der Waals surface area (Å²) in [6.45, 7) is 1.24. The molecule has 15 heteroatoms. The Kier molecular flexibility index (Phi) is 13.6. The number of imidazole rings is 1. The molecule has 0 unspecified atom stereocenters. The van der Waals surface area contributed by atoms with Gasteiger partial charge in [-0.15, -0.1) is 0 Å². The number of carbonyl (C=O) groups is 3. The van der Waals surface area contributed by atoms with Gasteiger partial charge in [0.1, 0.15) is 18.2 Å². The summed E-state index contributed by atoms with van der Waals surface area (Å²) in [6, 6.07) is 5.89. The summed E-state index contributed by atoms with van der Waals surface area (Å²) < 4.78 is 5.35. The molecule has 0 bridgehead atoms. The predicted octanol–water partition coefficient (Wildman–Crippen LogP) is 1.58. The number of hydrogen-bond acceptors (Lipinski definition) is 8. The minimum Gasteiger partial charge on any atom is -0.390 e. The van der Waals surface area contributed by atoms with Crippen LogP contribution in [0.2, 0.25) is 0 Å². The van der Waals surface area contributed by atoms with Gasteiger partial charge in [-0.25, -0.2) is 9.78 Å². The third-order valence-electron chi connectivity index (χ3n) is 8.59. The standard InChI is InChI=1S/C31H45N9O6/c32-39-35-19-27(41)28(42)24(15-21-7-3-1-4-8-21)36-30(44)26(17-23-18-33-20-34-23)37-29(43)25(16-22-9-5-2-6-10-22)38-31(45)40-11-13-46-14-12-40/h2,5-6,9-10,18,20-21,24-28,41-42H,1,3-4,7-8,11-17,19H2,(H,33,34)(H,36,44)(H,37,43)(H,38,45)/t24-,25+,26+,27-,28+/m1/s1. The molecule has 1 saturated heterocycles. The van der Waals surface area contributed by atoms with Crippen LogP contribution in [0, 0.1) is 5.92 Å². The van der Waals surface area contributed by atoms with Gasteiger partial charge in [0.25, 0.3) is 0 Å². The van der Waals surface area contributed by atoms with Crippen molar-refractivity contribution in [1.82, 2.24) is 30.8 Å². The van der Waals surface area contributed by atoms with Crippen molar-refractivity contribution in [1.29, 1.82) is 0 Å². The fraction of sp³-hybridized carbons (Fsp3) is 0.613. The Balaban J connectivity index is 1.53. The van der Waals surface area contributed by atoms with Gasteiger partial charge in [0.2, 0.25) is 11.8 Å². The van der Waals surface area contributed by atoms with E-state index in [1.165, 1.54) is 6.33 Å². The van der Waals surface area contributed by atoms with Crippen molar-refractivity contribution >= 4 is 17.8 Å². The highest BCUT2D eigenvalue weighted by atomic mass is 16.5. The molecule has 6 N–H and O–H groups in total. The molecule has 1 aliphatic heterocycles. The second kappa shape index (κ2) is 18.1. The van der Waals surface area contributed by atoms with E-state index in [1.807, 2.05) is 30.3 Å². The van der Waals surface area contributed by atoms with E-state index < -0.39 is 48.2 Å². The number of ether oxygens (including phenoxy) is 1. The number of aromatic nitrogens is 2. The summed E-state index contributed by atoms with van der Waals surface area (Å²) in [5.41, 5.74) is 10.1. The number of urea groups is 1. The largest absolute Gasteiger partial charge is 0.390 e. The number of hydrogen-bond donors (Lipinski definition) is 6. The van der Waals surface area contributed by atoms with Crippen molar-refractivity contribution in [3.05, 3.63) is 64.6 Å². The van der Waals surface area contributed by atoms with E-state index in [1.54, 1.807) is 11.1 Å². The smallest absolute Gasteiger partial charge is 0.318 e. The maximum absolute atomic E-state index is 13.9. The number of carbonyl (C=O) groups excluding carboxylic acids is 3. The molecule has 1 aromatic heterocycles. The fourth-order valence-corrected chi connectivity index (χ4v) is 6.01. The molecular formula is C31H45N9O6. The van der Waals surface area contributed by atoms with Gasteiger partial charge in [-0.05, 0) is 23.4 Å². The molecular weight excluding hydrogens is 594 g/mol. The molecule has 4 rings (SSSR count). The number of aliphatic hydroxyl groups is 2. The predicted molar refractivity (Wildman–Crippen MR) is 168 cm³/mol. The normalized spacial score (nSPS) is 18.7. The van der Waals surface area contributed by atoms with Crippen LogP contribution in [-0.4, -0.2) is 106 Å². The zero-order valence-electron chi connectivity index (χ0n) is 26.0. The Morgan fingerprint density at radius 1 is 1.02 bits per heavy atom. The van der Waals surface area contributed by atoms with Crippen LogP contribution in [0.25, 0.3) is 10.4 Å². The Hall–Kier alpha value is -4.17. The van der Waals surface area contributed by atoms with E-state index in [0.29, 0.717) is 38.4 Å². The molecule has 0 radical (unpaired) electrons. The zero-order valence-corrected chi connectivity index (χ0v) is 26.0. The summed E-state index contributed by atoms with van der Waals surface area (Å²) in [6.07, 6.45) is 5.96. The van der Waals surface area contributed by atoms with Crippen LogP contribution in [0.5, 0.6) is 0 Å². The quantitative estimate of drug-likeness (QED) is 0.0959. The maximum Gasteiger partial charge on any atom is 0.318 e. The number of aliphatic hydroxyl groups excluding tert-OH is 2. The molecule has 1 aromatic carbocycles. The molecule has 2 heterocycles. The van der Waals surface area contributed by atoms with Crippen molar-refractivity contribution in [3.8, 4) is 0 Å². The van der Waals surface area contributed by atoms with Crippen LogP contribution in [-0.2, 0) is 27.2 Å². The number of nitrogens with one attached hydrogen (secondary N) is 4. The number of benzene rings is 1. The topological polar surface area (TPSA) is 218 Å². The van der Waals surface area contributed by atoms with E-state index in [0.717, 1.165) is 37.7 Å². The van der Waals surface area contributed by atoms with E-state index >= 15 is 0 Å². The van der Waals surface area contributed by atoms with Crippen molar-refractivity contribution in [2.24, 2.45) is 11.0 Å². The lowest BCUT2D eigenvalue weighted by Gasteiger charge is -2.33. The lowest BCUT2D eigenvalue weighted by atomic mass is 9.83. The number of azide groups is 1. The number of H-pyrrole nitrogens is 1. The first kappa shape index (κ1) is 34.7. The number of rotatable bonds is 15. The summed E-state index contributed by atoms with van der Waals surface area (Å²) in [4.78, 5) is 52.1. The number of amides is 4. The van der Waals surface area contributed by atoms with Crippen molar-refractivity contribution in [2.45, 2.75) is 81.7 Å². The molecule has 250 valence electrons. The van der Waals surface area contributed by atoms with Gasteiger partial charge in [0, 0.05) is 42.7 Å². The van der Waals surface area contributed by atoms with Crippen molar-refractivity contribution in [3.63, 3.8) is 0 Å². The SMILES string of the molecule is [N-]=[N+]=NC[C@@H](O)[C@@H](O)[C@@H](CC1CCCCC1)NC(=O)[C@H](Cc1cnc[nH]1)NC(=O)[C@H](Cc1ccccc1)NC(=O)N1CCOCC1. The molecule has 0 spiro atoms. The first-order chi connectivity index (χ1) is 22.3. The molecule has 15 nitrogen and oxygen atoms in total. The highest BCUT2D eigenvalue weighted by molar-refractivity contribution is 5.92. The Morgan fingerprint density at radius 2 is 1.72 bits per heavy atom. The third kappa shape index (κ3) is 10.7. The van der Waals surface area contributed by atoms with Crippen LogP contribution in [0.3, 0.4) is 0 Å². The lowest BCUT2D eigenvalue weighted by molar-refractivity contribution is -0.131. The summed E-state index contributed by atoms with van der Waals surface area (Å²) in [7, 11) is 0. The molecule has 46 heavy (non-hydrogen) atoms. The molecule has 2 aliphatic rings. The van der Waals surface area contributed by atoms with Crippen LogP contribution in [0.4, 0.5) is 4.79 Å². The van der Waals surface area contributed by atoms with E-state index in [9.17, 15) is 24.6 Å². The summed E-state index contributed by atoms with van der Waals surface area (Å²) >= 11 is 0. The van der Waals surface area contributed by atoms with Gasteiger partial charge in [-0.3, -0.25) is 9.59 Å². The van der Waals surface area contributed by atoms with Crippen LogP contribution in [0.15, 0.2) is 48.0 Å². The number of morpholine rings is 1. The summed E-state index contributed by atoms with van der Waals surface area (Å²) in [5, 5.41) is 33.6. The molecule has 5 atom stereocenters. The van der Waals surface area contributed by atoms with Gasteiger partial charge < -0.3 is 40.8 Å². The summed E-state index contributed by atoms with van der Waals surface area (Å²) in [5.74, 6) is -0.902. The minimum atomic E-state index is -1.40. The van der Waals surface area contributed by atoms with E-state index in [4.69, 9.17) is 10.3 Å². The molecule has 1 saturated carbocycles. The first-order valence-electron chi connectivity index (χ1n) is 16.0. The highest BCUT2D eigenvalue weighted by Crippen LogP contribution is 2.28. The van der Waals surface area contributed by atoms with Crippen molar-refractivity contribution in [2.75, 3.05) is 32.8 Å². The maximum atomic E-state index is 13.9. The number of nitrogens with zero attached hydrogens (tertiary/aromatic N) is 5. The van der Waals surface area contributed by atoms with Gasteiger partial charge in [-0.2, -0.15) is 0 Å². The van der Waals surface area contributed by atoms with E-state index in [2.05, 4.69) is 35.9 Å². The van der Waals surface area contributed by atoms with Crippen LogP contribution < -0.4 is 16.0 Å². The molecule has 2 aromatic rings. The zero-order chi connectivity index (χ0) is 32.7. The number of aromatic amines is 1. The van der Waals surface area contributed by atoms with Crippen molar-refractivity contribution < 1.29 is 29.3 Å². The van der Waals surface area contributed by atoms with Gasteiger partial charge in [0.05, 0.1) is 38.2 Å². The lowest BCUT2D eigenvalue weighted by Crippen LogP contribution is -2.59. The van der Waals surface area contributed by atoms with Gasteiger partial charge in [0.15, 0.2) is 0 Å². The Morgan fingerprint density at radius 3 is 2.39 bits per heavy atom. The average Bonchev–Trinajstić information content (AvgIpc) is 3.60. The first-order valence-corrected chi connectivity index (χ1v) is 16.0. The molecule has 2 fully saturated rings. The van der Waals surface area contributed by atoms with Crippen LogP contribution >= 0.6 is 0 Å². The Bertz CT molecular complexity index is 1280. The van der Waals surface area contributed by atoms with E-state index in [-0.39, 0.29) is 25.3 Å². The van der Waals surface area contributed by atoms with Gasteiger partial charge >= 0.3 is 6.03 Å². The fourth-order valence-electron chi connectivity index (χ4n) is 6.01. The Labute approximate surface area is 268 Å². The van der Waals surface area contributed by atoms with Crippen LogP contribution in [0.1, 0.15) is 49.8 Å². The second-order valence-electron chi connectivity index (χ2n) is 12.0. The minimum absolute atomic E-state index is 0.0561. The monoisotopic (exact) mass is 639 g/mol. The highest BCUT2D eigenvalue weighted by Gasteiger charge is 2.34. The second-order valence-corrected chi connectivity index (χ2v) is 12.0. The third-order valence-corrected chi connectivity index (χ3v) is 8.59.